The van der Waals surface area contributed by atoms with Gasteiger partial charge in [-0.05, 0) is 41.8 Å². The highest BCUT2D eigenvalue weighted by Gasteiger charge is 2.21. The third kappa shape index (κ3) is 5.35. The maximum Gasteiger partial charge on any atom is 0.136 e. The van der Waals surface area contributed by atoms with E-state index >= 15 is 0 Å². The quantitative estimate of drug-likeness (QED) is 0.508. The number of ether oxygens (including phenoxy) is 1. The van der Waals surface area contributed by atoms with E-state index in [1.165, 1.54) is 0 Å². The maximum atomic E-state index is 9.04. The van der Waals surface area contributed by atoms with Crippen molar-refractivity contribution in [2.45, 2.75) is 42.8 Å². The lowest BCUT2D eigenvalue weighted by atomic mass is 10.1. The molecule has 1 aromatic carbocycles. The summed E-state index contributed by atoms with van der Waals surface area (Å²) in [6.45, 7) is 5.57. The van der Waals surface area contributed by atoms with Crippen LogP contribution in [0, 0.1) is 0 Å². The van der Waals surface area contributed by atoms with E-state index in [0.29, 0.717) is 18.2 Å². The van der Waals surface area contributed by atoms with Crippen LogP contribution in [0.15, 0.2) is 58.7 Å². The Morgan fingerprint density at radius 1 is 1.21 bits per heavy atom. The molecule has 0 aliphatic rings. The highest BCUT2D eigenvalue weighted by molar-refractivity contribution is 7.99. The predicted octanol–water partition coefficient (Wildman–Crippen LogP) is 4.76. The molecule has 2 aromatic heterocycles. The van der Waals surface area contributed by atoms with Gasteiger partial charge in [-0.1, -0.05) is 43.3 Å². The summed E-state index contributed by atoms with van der Waals surface area (Å²) in [6.07, 6.45) is 3.59. The van der Waals surface area contributed by atoms with Crippen LogP contribution in [-0.4, -0.2) is 32.9 Å². The third-order valence-corrected chi connectivity index (χ3v) is 5.49. The Kier molecular flexibility index (Phi) is 7.50. The molecule has 5 nitrogen and oxygen atoms in total. The Balaban J connectivity index is 2.02. The number of nitrogens with zero attached hydrogens (tertiary/aromatic N) is 3. The summed E-state index contributed by atoms with van der Waals surface area (Å²) in [5.41, 5.74) is 2.17. The minimum Gasteiger partial charge on any atom is -0.394 e. The van der Waals surface area contributed by atoms with Gasteiger partial charge in [0.05, 0.1) is 25.5 Å². The van der Waals surface area contributed by atoms with Crippen LogP contribution >= 0.6 is 23.4 Å². The van der Waals surface area contributed by atoms with Crippen LogP contribution in [0.25, 0.3) is 0 Å². The first-order valence-electron chi connectivity index (χ1n) is 9.18. The van der Waals surface area contributed by atoms with E-state index in [9.17, 15) is 0 Å². The predicted molar refractivity (Wildman–Crippen MR) is 112 cm³/mol. The Morgan fingerprint density at radius 2 is 2.00 bits per heavy atom. The molecule has 0 amide bonds. The Labute approximate surface area is 174 Å². The first-order valence-corrected chi connectivity index (χ1v) is 10.4. The zero-order valence-corrected chi connectivity index (χ0v) is 17.6. The molecule has 0 saturated carbocycles. The van der Waals surface area contributed by atoms with E-state index in [-0.39, 0.29) is 19.1 Å². The number of hydrogen-bond donors (Lipinski definition) is 1. The molecular weight excluding hydrogens is 394 g/mol. The summed E-state index contributed by atoms with van der Waals surface area (Å²) in [5.74, 6) is 1.11. The molecule has 0 aliphatic carbocycles. The first kappa shape index (κ1) is 20.9. The van der Waals surface area contributed by atoms with Crippen molar-refractivity contribution in [2.24, 2.45) is 0 Å². The van der Waals surface area contributed by atoms with Crippen molar-refractivity contribution in [2.75, 3.05) is 13.2 Å². The Bertz CT molecular complexity index is 900. The van der Waals surface area contributed by atoms with Crippen LogP contribution in [0.5, 0.6) is 0 Å². The fourth-order valence-electron chi connectivity index (χ4n) is 2.80. The summed E-state index contributed by atoms with van der Waals surface area (Å²) < 4.78 is 7.78. The standard InChI is InChI=1S/C21H24ClN3O2S/c1-15(2)20-21(28-18-5-3-4-17(22)12-18)25(13-16-6-8-23-9-7-16)19(24-20)14-27-11-10-26/h3-9,12,15,26H,10-11,13-14H2,1-2H3. The molecule has 3 aromatic rings. The van der Waals surface area contributed by atoms with Gasteiger partial charge in [0.15, 0.2) is 0 Å². The van der Waals surface area contributed by atoms with Crippen molar-refractivity contribution in [3.05, 3.63) is 70.9 Å². The number of rotatable bonds is 9. The van der Waals surface area contributed by atoms with E-state index in [2.05, 4.69) is 23.4 Å². The summed E-state index contributed by atoms with van der Waals surface area (Å²) in [7, 11) is 0. The van der Waals surface area contributed by atoms with Crippen molar-refractivity contribution < 1.29 is 9.84 Å². The van der Waals surface area contributed by atoms with Gasteiger partial charge < -0.3 is 14.4 Å². The summed E-state index contributed by atoms with van der Waals surface area (Å²) >= 11 is 7.84. The number of aliphatic hydroxyl groups is 1. The maximum absolute atomic E-state index is 9.04. The molecule has 3 rings (SSSR count). The van der Waals surface area contributed by atoms with Crippen LogP contribution in [0.1, 0.15) is 36.8 Å². The summed E-state index contributed by atoms with van der Waals surface area (Å²) in [4.78, 5) is 10.1. The van der Waals surface area contributed by atoms with Crippen molar-refractivity contribution in [1.29, 1.82) is 0 Å². The third-order valence-electron chi connectivity index (χ3n) is 4.14. The fourth-order valence-corrected chi connectivity index (χ4v) is 4.28. The molecule has 0 unspecified atom stereocenters. The van der Waals surface area contributed by atoms with Gasteiger partial charge in [0.2, 0.25) is 0 Å². The van der Waals surface area contributed by atoms with Crippen LogP contribution in [0.2, 0.25) is 5.02 Å². The lowest BCUT2D eigenvalue weighted by Crippen LogP contribution is -2.09. The van der Waals surface area contributed by atoms with Crippen LogP contribution in [-0.2, 0) is 17.9 Å². The second-order valence-corrected chi connectivity index (χ2v) is 8.15. The normalized spacial score (nSPS) is 11.3. The molecule has 0 radical (unpaired) electrons. The lowest BCUT2D eigenvalue weighted by Gasteiger charge is -2.14. The second kappa shape index (κ2) is 10.1. The molecule has 0 atom stereocenters. The molecule has 2 heterocycles. The molecule has 7 heteroatoms. The number of imidazole rings is 1. The minimum atomic E-state index is -0.00772. The van der Waals surface area contributed by atoms with Crippen LogP contribution in [0.3, 0.4) is 0 Å². The van der Waals surface area contributed by atoms with Gasteiger partial charge in [0.1, 0.15) is 17.5 Å². The second-order valence-electron chi connectivity index (χ2n) is 6.65. The van der Waals surface area contributed by atoms with Gasteiger partial charge >= 0.3 is 0 Å². The van der Waals surface area contributed by atoms with Crippen molar-refractivity contribution >= 4 is 23.4 Å². The fraction of sp³-hybridized carbons (Fsp3) is 0.333. The highest BCUT2D eigenvalue weighted by atomic mass is 35.5. The molecule has 0 bridgehead atoms. The number of halogens is 1. The lowest BCUT2D eigenvalue weighted by molar-refractivity contribution is 0.0759. The average molecular weight is 418 g/mol. The number of aromatic nitrogens is 3. The molecule has 0 aliphatic heterocycles. The number of pyridine rings is 1. The zero-order valence-electron chi connectivity index (χ0n) is 16.0. The molecular formula is C21H24ClN3O2S. The molecule has 0 spiro atoms. The van der Waals surface area contributed by atoms with Gasteiger partial charge in [0.25, 0.3) is 0 Å². The first-order chi connectivity index (χ1) is 13.6. The topological polar surface area (TPSA) is 60.2 Å². The highest BCUT2D eigenvalue weighted by Crippen LogP contribution is 2.36. The van der Waals surface area contributed by atoms with Crippen molar-refractivity contribution in [3.8, 4) is 0 Å². The van der Waals surface area contributed by atoms with Crippen LogP contribution in [0.4, 0.5) is 0 Å². The molecule has 1 N–H and O–H groups in total. The smallest absolute Gasteiger partial charge is 0.136 e. The number of aliphatic hydroxyl groups excluding tert-OH is 1. The minimum absolute atomic E-state index is 0.00772. The molecule has 28 heavy (non-hydrogen) atoms. The van der Waals surface area contributed by atoms with Crippen LogP contribution < -0.4 is 0 Å². The molecule has 148 valence electrons. The average Bonchev–Trinajstić information content (AvgIpc) is 3.01. The Morgan fingerprint density at radius 3 is 2.68 bits per heavy atom. The number of hydrogen-bond acceptors (Lipinski definition) is 5. The van der Waals surface area contributed by atoms with E-state index < -0.39 is 0 Å². The van der Waals surface area contributed by atoms with E-state index in [1.807, 2.05) is 36.4 Å². The van der Waals surface area contributed by atoms with E-state index in [0.717, 1.165) is 27.0 Å². The monoisotopic (exact) mass is 417 g/mol. The van der Waals surface area contributed by atoms with E-state index in [1.54, 1.807) is 24.2 Å². The largest absolute Gasteiger partial charge is 0.394 e. The Hall–Kier alpha value is -1.86. The molecule has 0 saturated heterocycles. The molecule has 0 fully saturated rings. The van der Waals surface area contributed by atoms with Gasteiger partial charge in [-0.2, -0.15) is 0 Å². The SMILES string of the molecule is CC(C)c1nc(COCCO)n(Cc2ccncc2)c1Sc1cccc(Cl)c1. The summed E-state index contributed by atoms with van der Waals surface area (Å²) in [6, 6.07) is 11.8. The van der Waals surface area contributed by atoms with Gasteiger partial charge in [-0.15, -0.1) is 0 Å². The van der Waals surface area contributed by atoms with Gasteiger partial charge in [0, 0.05) is 22.3 Å². The van der Waals surface area contributed by atoms with Crippen molar-refractivity contribution in [3.63, 3.8) is 0 Å². The zero-order chi connectivity index (χ0) is 19.9. The van der Waals surface area contributed by atoms with Crippen molar-refractivity contribution in [1.82, 2.24) is 14.5 Å². The van der Waals surface area contributed by atoms with Gasteiger partial charge in [-0.25, -0.2) is 4.98 Å². The van der Waals surface area contributed by atoms with Gasteiger partial charge in [-0.3, -0.25) is 4.98 Å². The number of benzene rings is 1. The van der Waals surface area contributed by atoms with E-state index in [4.69, 9.17) is 26.4 Å². The summed E-state index contributed by atoms with van der Waals surface area (Å²) in [5, 5.41) is 10.8.